The fraction of sp³-hybridized carbons (Fsp3) is 0.538. The molecule has 0 amide bonds. The van der Waals surface area contributed by atoms with Crippen LogP contribution in [-0.4, -0.2) is 24.1 Å². The van der Waals surface area contributed by atoms with Gasteiger partial charge in [0, 0.05) is 30.6 Å². The van der Waals surface area contributed by atoms with E-state index in [9.17, 15) is 14.5 Å². The summed E-state index contributed by atoms with van der Waals surface area (Å²) in [7, 11) is 0. The molecule has 19 heavy (non-hydrogen) atoms. The van der Waals surface area contributed by atoms with Crippen LogP contribution in [0.5, 0.6) is 5.75 Å². The van der Waals surface area contributed by atoms with Crippen LogP contribution in [0.3, 0.4) is 0 Å². The van der Waals surface area contributed by atoms with E-state index in [0.717, 1.165) is 24.7 Å². The Labute approximate surface area is 110 Å². The van der Waals surface area contributed by atoms with Crippen molar-refractivity contribution in [2.24, 2.45) is 5.92 Å². The van der Waals surface area contributed by atoms with Crippen LogP contribution in [0.1, 0.15) is 19.8 Å². The molecule has 1 aliphatic rings. The average Bonchev–Trinajstić information content (AvgIpc) is 3.17. The second kappa shape index (κ2) is 5.97. The van der Waals surface area contributed by atoms with Crippen molar-refractivity contribution in [3.05, 3.63) is 34.1 Å². The maximum atomic E-state index is 13.1. The summed E-state index contributed by atoms with van der Waals surface area (Å²) < 4.78 is 18.5. The lowest BCUT2D eigenvalue weighted by Gasteiger charge is -2.13. The van der Waals surface area contributed by atoms with Crippen LogP contribution in [0.25, 0.3) is 0 Å². The Balaban J connectivity index is 1.89. The molecule has 0 radical (unpaired) electrons. The number of nitrogens with one attached hydrogen (secondary N) is 1. The Morgan fingerprint density at radius 1 is 1.58 bits per heavy atom. The first-order valence-corrected chi connectivity index (χ1v) is 6.36. The predicted octanol–water partition coefficient (Wildman–Crippen LogP) is 2.50. The van der Waals surface area contributed by atoms with E-state index in [-0.39, 0.29) is 17.4 Å². The highest BCUT2D eigenvalue weighted by Gasteiger charge is 2.21. The number of rotatable bonds is 7. The first-order valence-electron chi connectivity index (χ1n) is 6.36. The standard InChI is InChI=1S/C13H17FN2O3/c1-9(7-15-11-3-4-11)8-19-13-6-10(14)2-5-12(13)16(17)18/h2,5-6,9,11,15H,3-4,7-8H2,1H3. The molecule has 2 rings (SSSR count). The van der Waals surface area contributed by atoms with Gasteiger partial charge in [0.25, 0.3) is 0 Å². The van der Waals surface area contributed by atoms with Crippen molar-refractivity contribution in [3.8, 4) is 5.75 Å². The highest BCUT2D eigenvalue weighted by atomic mass is 19.1. The molecule has 104 valence electrons. The van der Waals surface area contributed by atoms with Crippen molar-refractivity contribution in [1.82, 2.24) is 5.32 Å². The highest BCUT2D eigenvalue weighted by molar-refractivity contribution is 5.46. The minimum atomic E-state index is -0.568. The zero-order valence-electron chi connectivity index (χ0n) is 10.8. The molecule has 1 aromatic carbocycles. The van der Waals surface area contributed by atoms with Gasteiger partial charge in [-0.05, 0) is 18.9 Å². The number of benzene rings is 1. The third kappa shape index (κ3) is 4.17. The lowest BCUT2D eigenvalue weighted by molar-refractivity contribution is -0.386. The number of hydrogen-bond acceptors (Lipinski definition) is 4. The molecule has 1 atom stereocenters. The van der Waals surface area contributed by atoms with E-state index in [2.05, 4.69) is 5.32 Å². The Hall–Kier alpha value is -1.69. The fourth-order valence-corrected chi connectivity index (χ4v) is 1.70. The van der Waals surface area contributed by atoms with E-state index < -0.39 is 10.7 Å². The lowest BCUT2D eigenvalue weighted by Crippen LogP contribution is -2.26. The first kappa shape index (κ1) is 13.7. The molecule has 0 heterocycles. The van der Waals surface area contributed by atoms with Crippen LogP contribution >= 0.6 is 0 Å². The van der Waals surface area contributed by atoms with Gasteiger partial charge >= 0.3 is 5.69 Å². The van der Waals surface area contributed by atoms with Crippen LogP contribution < -0.4 is 10.1 Å². The van der Waals surface area contributed by atoms with Crippen LogP contribution in [0.15, 0.2) is 18.2 Å². The van der Waals surface area contributed by atoms with Gasteiger partial charge < -0.3 is 10.1 Å². The van der Waals surface area contributed by atoms with Gasteiger partial charge in [0.2, 0.25) is 0 Å². The Morgan fingerprint density at radius 3 is 2.95 bits per heavy atom. The summed E-state index contributed by atoms with van der Waals surface area (Å²) in [5.41, 5.74) is -0.205. The fourth-order valence-electron chi connectivity index (χ4n) is 1.70. The number of halogens is 1. The minimum absolute atomic E-state index is 0.0109. The van der Waals surface area contributed by atoms with Crippen molar-refractivity contribution < 1.29 is 14.1 Å². The summed E-state index contributed by atoms with van der Waals surface area (Å²) in [6.07, 6.45) is 2.42. The van der Waals surface area contributed by atoms with Gasteiger partial charge in [-0.15, -0.1) is 0 Å². The summed E-state index contributed by atoms with van der Waals surface area (Å²) in [6, 6.07) is 3.85. The molecule has 1 aromatic rings. The van der Waals surface area contributed by atoms with Crippen molar-refractivity contribution in [2.75, 3.05) is 13.2 Å². The number of ether oxygens (including phenoxy) is 1. The van der Waals surface area contributed by atoms with E-state index in [1.165, 1.54) is 12.8 Å². The largest absolute Gasteiger partial charge is 0.486 e. The molecule has 6 heteroatoms. The summed E-state index contributed by atoms with van der Waals surface area (Å²) >= 11 is 0. The molecule has 1 N–H and O–H groups in total. The molecule has 1 aliphatic carbocycles. The van der Waals surface area contributed by atoms with Crippen molar-refractivity contribution in [1.29, 1.82) is 0 Å². The Morgan fingerprint density at radius 2 is 2.32 bits per heavy atom. The monoisotopic (exact) mass is 268 g/mol. The van der Waals surface area contributed by atoms with Gasteiger partial charge in [0.15, 0.2) is 5.75 Å². The molecule has 1 saturated carbocycles. The SMILES string of the molecule is CC(CNC1CC1)COc1cc(F)ccc1[N+](=O)[O-]. The molecule has 1 fully saturated rings. The number of nitrogens with zero attached hydrogens (tertiary/aromatic N) is 1. The van der Waals surface area contributed by atoms with Gasteiger partial charge in [-0.3, -0.25) is 10.1 Å². The van der Waals surface area contributed by atoms with E-state index in [1.807, 2.05) is 6.92 Å². The smallest absolute Gasteiger partial charge is 0.311 e. The third-order valence-corrected chi connectivity index (χ3v) is 2.97. The van der Waals surface area contributed by atoms with E-state index in [1.54, 1.807) is 0 Å². The Bertz CT molecular complexity index is 463. The molecular weight excluding hydrogens is 251 g/mol. The zero-order chi connectivity index (χ0) is 13.8. The van der Waals surface area contributed by atoms with Crippen LogP contribution in [0.4, 0.5) is 10.1 Å². The van der Waals surface area contributed by atoms with Crippen LogP contribution in [0, 0.1) is 21.8 Å². The van der Waals surface area contributed by atoms with Gasteiger partial charge in [-0.25, -0.2) is 4.39 Å². The molecule has 0 saturated heterocycles. The Kier molecular flexibility index (Phi) is 4.31. The molecule has 0 spiro atoms. The number of hydrogen-bond donors (Lipinski definition) is 1. The van der Waals surface area contributed by atoms with Crippen LogP contribution in [0.2, 0.25) is 0 Å². The maximum Gasteiger partial charge on any atom is 0.311 e. The first-order chi connectivity index (χ1) is 9.06. The van der Waals surface area contributed by atoms with Crippen molar-refractivity contribution in [2.45, 2.75) is 25.8 Å². The molecule has 0 bridgehead atoms. The normalized spacial score (nSPS) is 16.1. The second-order valence-corrected chi connectivity index (χ2v) is 4.97. The summed E-state index contributed by atoms with van der Waals surface area (Å²) in [4.78, 5) is 10.2. The van der Waals surface area contributed by atoms with Crippen LogP contribution in [-0.2, 0) is 0 Å². The van der Waals surface area contributed by atoms with E-state index in [4.69, 9.17) is 4.74 Å². The summed E-state index contributed by atoms with van der Waals surface area (Å²) in [5, 5.41) is 14.1. The average molecular weight is 268 g/mol. The third-order valence-electron chi connectivity index (χ3n) is 2.97. The van der Waals surface area contributed by atoms with E-state index in [0.29, 0.717) is 12.6 Å². The maximum absolute atomic E-state index is 13.1. The molecule has 5 nitrogen and oxygen atoms in total. The van der Waals surface area contributed by atoms with E-state index >= 15 is 0 Å². The summed E-state index contributed by atoms with van der Waals surface area (Å²) in [5.74, 6) is -0.337. The molecular formula is C13H17FN2O3. The summed E-state index contributed by atoms with van der Waals surface area (Å²) in [6.45, 7) is 3.11. The minimum Gasteiger partial charge on any atom is -0.486 e. The lowest BCUT2D eigenvalue weighted by atomic mass is 10.2. The highest BCUT2D eigenvalue weighted by Crippen LogP contribution is 2.27. The molecule has 0 aliphatic heterocycles. The second-order valence-electron chi connectivity index (χ2n) is 4.97. The number of nitro benzene ring substituents is 1. The quantitative estimate of drug-likeness (QED) is 0.609. The van der Waals surface area contributed by atoms with Gasteiger partial charge in [0.05, 0.1) is 11.5 Å². The molecule has 1 unspecified atom stereocenters. The van der Waals surface area contributed by atoms with Gasteiger partial charge in [-0.1, -0.05) is 6.92 Å². The number of nitro groups is 1. The van der Waals surface area contributed by atoms with Gasteiger partial charge in [0.1, 0.15) is 5.82 Å². The predicted molar refractivity (Wildman–Crippen MR) is 68.7 cm³/mol. The van der Waals surface area contributed by atoms with Gasteiger partial charge in [-0.2, -0.15) is 0 Å². The van der Waals surface area contributed by atoms with Crippen molar-refractivity contribution >= 4 is 5.69 Å². The molecule has 0 aromatic heterocycles. The zero-order valence-corrected chi connectivity index (χ0v) is 10.8. The van der Waals surface area contributed by atoms with Crippen molar-refractivity contribution in [3.63, 3.8) is 0 Å². The topological polar surface area (TPSA) is 64.4 Å².